The van der Waals surface area contributed by atoms with Gasteiger partial charge in [0.05, 0.1) is 12.4 Å². The van der Waals surface area contributed by atoms with Gasteiger partial charge in [-0.25, -0.2) is 4.39 Å². The molecule has 0 aliphatic heterocycles. The molecular weight excluding hydrogens is 415 g/mol. The van der Waals surface area contributed by atoms with Crippen molar-refractivity contribution < 1.29 is 13.9 Å². The fraction of sp³-hybridized carbons (Fsp3) is 0.261. The molecule has 0 radical (unpaired) electrons. The maximum atomic E-state index is 13.0. The van der Waals surface area contributed by atoms with Crippen molar-refractivity contribution in [2.24, 2.45) is 0 Å². The topological polar surface area (TPSA) is 69.0 Å². The van der Waals surface area contributed by atoms with Crippen molar-refractivity contribution in [2.75, 3.05) is 17.7 Å². The first-order chi connectivity index (χ1) is 15.1. The summed E-state index contributed by atoms with van der Waals surface area (Å²) in [4.78, 5) is 12.2. The number of hydrogen-bond acceptors (Lipinski definition) is 5. The summed E-state index contributed by atoms with van der Waals surface area (Å²) in [6.45, 7) is 7.15. The fourth-order valence-electron chi connectivity index (χ4n) is 2.80. The number of thioether (sulfide) groups is 1. The van der Waals surface area contributed by atoms with E-state index in [9.17, 15) is 9.18 Å². The first kappa shape index (κ1) is 22.6. The molecule has 162 valence electrons. The maximum Gasteiger partial charge on any atom is 0.234 e. The number of nitrogens with zero attached hydrogens (tertiary/aromatic N) is 3. The van der Waals surface area contributed by atoms with Gasteiger partial charge < -0.3 is 10.1 Å². The van der Waals surface area contributed by atoms with E-state index in [0.717, 1.165) is 24.2 Å². The smallest absolute Gasteiger partial charge is 0.234 e. The molecule has 3 aromatic rings. The van der Waals surface area contributed by atoms with Gasteiger partial charge in [-0.1, -0.05) is 31.2 Å². The van der Waals surface area contributed by atoms with Gasteiger partial charge in [0.15, 0.2) is 11.0 Å². The Bertz CT molecular complexity index is 1000. The largest absolute Gasteiger partial charge is 0.494 e. The highest BCUT2D eigenvalue weighted by Crippen LogP contribution is 2.26. The van der Waals surface area contributed by atoms with Crippen LogP contribution < -0.4 is 10.1 Å². The molecule has 8 heteroatoms. The molecule has 6 nitrogen and oxygen atoms in total. The number of nitrogens with one attached hydrogen (secondary N) is 1. The van der Waals surface area contributed by atoms with Gasteiger partial charge >= 0.3 is 0 Å². The van der Waals surface area contributed by atoms with E-state index in [2.05, 4.69) is 29.0 Å². The van der Waals surface area contributed by atoms with Crippen molar-refractivity contribution >= 4 is 23.4 Å². The van der Waals surface area contributed by atoms with Crippen LogP contribution in [0.2, 0.25) is 0 Å². The van der Waals surface area contributed by atoms with E-state index in [-0.39, 0.29) is 17.5 Å². The number of ether oxygens (including phenoxy) is 1. The van der Waals surface area contributed by atoms with E-state index in [4.69, 9.17) is 4.74 Å². The Morgan fingerprint density at radius 1 is 1.19 bits per heavy atom. The van der Waals surface area contributed by atoms with Crippen LogP contribution in [0.15, 0.2) is 66.3 Å². The second-order valence-corrected chi connectivity index (χ2v) is 7.72. The Labute approximate surface area is 185 Å². The zero-order valence-electron chi connectivity index (χ0n) is 17.4. The molecule has 2 aromatic carbocycles. The van der Waals surface area contributed by atoms with Crippen LogP contribution in [-0.4, -0.2) is 33.0 Å². The van der Waals surface area contributed by atoms with Crippen LogP contribution in [0.25, 0.3) is 11.4 Å². The number of anilines is 1. The van der Waals surface area contributed by atoms with Gasteiger partial charge in [-0.15, -0.1) is 16.8 Å². The predicted octanol–water partition coefficient (Wildman–Crippen LogP) is 5.18. The third-order valence-electron chi connectivity index (χ3n) is 4.37. The normalized spacial score (nSPS) is 10.6. The minimum Gasteiger partial charge on any atom is -0.494 e. The van der Waals surface area contributed by atoms with E-state index in [1.54, 1.807) is 6.08 Å². The van der Waals surface area contributed by atoms with E-state index in [1.165, 1.54) is 36.0 Å². The molecule has 0 fully saturated rings. The van der Waals surface area contributed by atoms with Crippen LogP contribution >= 0.6 is 11.8 Å². The zero-order valence-corrected chi connectivity index (χ0v) is 18.2. The molecule has 0 unspecified atom stereocenters. The van der Waals surface area contributed by atoms with Gasteiger partial charge in [0, 0.05) is 17.8 Å². The van der Waals surface area contributed by atoms with Crippen molar-refractivity contribution in [2.45, 2.75) is 31.5 Å². The molecule has 0 bridgehead atoms. The molecule has 0 atom stereocenters. The van der Waals surface area contributed by atoms with Crippen molar-refractivity contribution in [3.63, 3.8) is 0 Å². The van der Waals surface area contributed by atoms with E-state index in [0.29, 0.717) is 29.8 Å². The van der Waals surface area contributed by atoms with Gasteiger partial charge in [0.1, 0.15) is 11.6 Å². The van der Waals surface area contributed by atoms with Crippen LogP contribution in [0, 0.1) is 5.82 Å². The number of unbranched alkanes of at least 4 members (excludes halogenated alkanes) is 1. The predicted molar refractivity (Wildman–Crippen MR) is 122 cm³/mol. The second-order valence-electron chi connectivity index (χ2n) is 6.78. The maximum absolute atomic E-state index is 13.0. The minimum absolute atomic E-state index is 0.150. The highest BCUT2D eigenvalue weighted by atomic mass is 32.2. The Morgan fingerprint density at radius 2 is 1.94 bits per heavy atom. The molecule has 31 heavy (non-hydrogen) atoms. The van der Waals surface area contributed by atoms with E-state index < -0.39 is 0 Å². The van der Waals surface area contributed by atoms with Gasteiger partial charge in [-0.3, -0.25) is 9.36 Å². The van der Waals surface area contributed by atoms with Crippen molar-refractivity contribution in [1.29, 1.82) is 0 Å². The van der Waals surface area contributed by atoms with Crippen molar-refractivity contribution in [3.05, 3.63) is 67.0 Å². The van der Waals surface area contributed by atoms with Crippen molar-refractivity contribution in [3.8, 4) is 17.1 Å². The standard InChI is InChI=1S/C23H25FN4O2S/c1-3-5-15-30-20-12-6-17(7-13-20)22-26-27-23(28(22)14-4-2)31-16-21(29)25-19-10-8-18(24)9-11-19/h4,6-13H,2-3,5,14-16H2,1H3,(H,25,29). The summed E-state index contributed by atoms with van der Waals surface area (Å²) in [5, 5.41) is 11.9. The number of hydrogen-bond donors (Lipinski definition) is 1. The molecule has 3 rings (SSSR count). The van der Waals surface area contributed by atoms with Crippen LogP contribution in [-0.2, 0) is 11.3 Å². The number of amides is 1. The quantitative estimate of drug-likeness (QED) is 0.253. The van der Waals surface area contributed by atoms with Crippen LogP contribution in [0.3, 0.4) is 0 Å². The number of rotatable bonds is 11. The second kappa shape index (κ2) is 11.3. The Kier molecular flexibility index (Phi) is 8.23. The lowest BCUT2D eigenvalue weighted by molar-refractivity contribution is -0.113. The number of carbonyl (C=O) groups is 1. The van der Waals surface area contributed by atoms with Crippen LogP contribution in [0.4, 0.5) is 10.1 Å². The third-order valence-corrected chi connectivity index (χ3v) is 5.33. The lowest BCUT2D eigenvalue weighted by atomic mass is 10.2. The molecule has 0 aliphatic rings. The molecule has 0 aliphatic carbocycles. The number of carbonyl (C=O) groups excluding carboxylic acids is 1. The Morgan fingerprint density at radius 3 is 2.61 bits per heavy atom. The highest BCUT2D eigenvalue weighted by Gasteiger charge is 2.15. The summed E-state index contributed by atoms with van der Waals surface area (Å²) in [6, 6.07) is 13.4. The molecule has 1 amide bonds. The Hall–Kier alpha value is -3.13. The number of halogens is 1. The average molecular weight is 441 g/mol. The molecule has 1 N–H and O–H groups in total. The molecule has 0 saturated heterocycles. The average Bonchev–Trinajstić information content (AvgIpc) is 3.17. The minimum atomic E-state index is -0.349. The molecule has 0 spiro atoms. The molecule has 1 aromatic heterocycles. The Balaban J connectivity index is 1.66. The lowest BCUT2D eigenvalue weighted by Gasteiger charge is -2.09. The van der Waals surface area contributed by atoms with Crippen LogP contribution in [0.5, 0.6) is 5.75 Å². The summed E-state index contributed by atoms with van der Waals surface area (Å²) in [6.07, 6.45) is 3.87. The third kappa shape index (κ3) is 6.42. The monoisotopic (exact) mass is 440 g/mol. The van der Waals surface area contributed by atoms with E-state index >= 15 is 0 Å². The zero-order chi connectivity index (χ0) is 22.1. The van der Waals surface area contributed by atoms with Gasteiger partial charge in [0.2, 0.25) is 5.91 Å². The summed E-state index contributed by atoms with van der Waals surface area (Å²) in [5.41, 5.74) is 1.45. The number of benzene rings is 2. The first-order valence-electron chi connectivity index (χ1n) is 10.1. The van der Waals surface area contributed by atoms with Gasteiger partial charge in [0.25, 0.3) is 0 Å². The summed E-state index contributed by atoms with van der Waals surface area (Å²) >= 11 is 1.28. The van der Waals surface area contributed by atoms with Gasteiger partial charge in [-0.05, 0) is 55.0 Å². The van der Waals surface area contributed by atoms with Gasteiger partial charge in [-0.2, -0.15) is 0 Å². The fourth-order valence-corrected chi connectivity index (χ4v) is 3.55. The SMILES string of the molecule is C=CCn1c(SCC(=O)Nc2ccc(F)cc2)nnc1-c1ccc(OCCCC)cc1. The lowest BCUT2D eigenvalue weighted by Crippen LogP contribution is -2.14. The highest BCUT2D eigenvalue weighted by molar-refractivity contribution is 7.99. The molecule has 0 saturated carbocycles. The van der Waals surface area contributed by atoms with Crippen LogP contribution in [0.1, 0.15) is 19.8 Å². The number of allylic oxidation sites excluding steroid dienone is 1. The van der Waals surface area contributed by atoms with Crippen molar-refractivity contribution in [1.82, 2.24) is 14.8 Å². The molecule has 1 heterocycles. The summed E-state index contributed by atoms with van der Waals surface area (Å²) in [7, 11) is 0. The van der Waals surface area contributed by atoms with E-state index in [1.807, 2.05) is 28.8 Å². The summed E-state index contributed by atoms with van der Waals surface area (Å²) < 4.78 is 20.6. The molecular formula is C23H25FN4O2S. The first-order valence-corrected chi connectivity index (χ1v) is 11.0. The number of aromatic nitrogens is 3. The summed E-state index contributed by atoms with van der Waals surface area (Å²) in [5.74, 6) is 1.11.